The van der Waals surface area contributed by atoms with Crippen molar-refractivity contribution in [2.24, 2.45) is 0 Å². The molecule has 0 radical (unpaired) electrons. The van der Waals surface area contributed by atoms with E-state index in [0.717, 1.165) is 50.8 Å². The number of rotatable bonds is 3. The van der Waals surface area contributed by atoms with Crippen molar-refractivity contribution in [3.05, 3.63) is 29.3 Å². The summed E-state index contributed by atoms with van der Waals surface area (Å²) in [4.78, 5) is 28.9. The van der Waals surface area contributed by atoms with Crippen LogP contribution >= 0.6 is 0 Å². The number of carbonyl (C=O) groups is 2. The number of aliphatic hydroxyl groups is 1. The first-order chi connectivity index (χ1) is 12.1. The second kappa shape index (κ2) is 7.87. The molecule has 0 bridgehead atoms. The molecule has 3 rings (SSSR count). The van der Waals surface area contributed by atoms with E-state index in [-0.39, 0.29) is 24.6 Å². The number of hydrogen-bond donors (Lipinski definition) is 2. The van der Waals surface area contributed by atoms with Gasteiger partial charge < -0.3 is 20.2 Å². The van der Waals surface area contributed by atoms with Crippen LogP contribution in [0.5, 0.6) is 0 Å². The van der Waals surface area contributed by atoms with Crippen molar-refractivity contribution in [1.82, 2.24) is 9.80 Å². The molecule has 1 aromatic carbocycles. The maximum Gasteiger partial charge on any atom is 0.322 e. The Morgan fingerprint density at radius 2 is 1.88 bits per heavy atom. The number of nitrogens with zero attached hydrogens (tertiary/aromatic N) is 2. The maximum atomic E-state index is 12.7. The van der Waals surface area contributed by atoms with E-state index in [1.54, 1.807) is 4.90 Å². The number of benzene rings is 1. The number of likely N-dealkylation sites (tertiary alicyclic amines) is 2. The fourth-order valence-corrected chi connectivity index (χ4v) is 3.74. The van der Waals surface area contributed by atoms with Crippen molar-refractivity contribution in [2.75, 3.05) is 31.6 Å². The molecule has 2 fully saturated rings. The van der Waals surface area contributed by atoms with Gasteiger partial charge >= 0.3 is 6.03 Å². The molecule has 0 aliphatic carbocycles. The summed E-state index contributed by atoms with van der Waals surface area (Å²) in [6.07, 6.45) is 4.93. The van der Waals surface area contributed by atoms with Crippen LogP contribution in [0.1, 0.15) is 48.0 Å². The summed E-state index contributed by atoms with van der Waals surface area (Å²) in [6.45, 7) is 4.13. The van der Waals surface area contributed by atoms with Gasteiger partial charge in [-0.3, -0.25) is 4.79 Å². The molecular weight excluding hydrogens is 318 g/mol. The summed E-state index contributed by atoms with van der Waals surface area (Å²) in [5.74, 6) is 0.0392. The van der Waals surface area contributed by atoms with Gasteiger partial charge in [0.1, 0.15) is 0 Å². The van der Waals surface area contributed by atoms with Crippen molar-refractivity contribution >= 4 is 17.6 Å². The van der Waals surface area contributed by atoms with Gasteiger partial charge in [0, 0.05) is 30.9 Å². The lowest BCUT2D eigenvalue weighted by Gasteiger charge is -2.34. The molecule has 2 N–H and O–H groups in total. The minimum atomic E-state index is -0.201. The molecule has 2 saturated heterocycles. The van der Waals surface area contributed by atoms with Gasteiger partial charge in [-0.25, -0.2) is 4.79 Å². The molecule has 136 valence electrons. The monoisotopic (exact) mass is 345 g/mol. The first-order valence-corrected chi connectivity index (χ1v) is 9.19. The molecule has 1 atom stereocenters. The highest BCUT2D eigenvalue weighted by Crippen LogP contribution is 2.24. The summed E-state index contributed by atoms with van der Waals surface area (Å²) in [5, 5.41) is 12.4. The number of carbonyl (C=O) groups excluding carboxylic acids is 2. The quantitative estimate of drug-likeness (QED) is 0.884. The molecule has 0 aromatic heterocycles. The van der Waals surface area contributed by atoms with E-state index >= 15 is 0 Å². The third kappa shape index (κ3) is 3.79. The Balaban J connectivity index is 1.75. The smallest absolute Gasteiger partial charge is 0.322 e. The molecule has 6 heteroatoms. The minimum Gasteiger partial charge on any atom is -0.394 e. The number of piperidine rings is 1. The number of amides is 3. The van der Waals surface area contributed by atoms with Crippen LogP contribution in [0.15, 0.2) is 18.2 Å². The van der Waals surface area contributed by atoms with E-state index < -0.39 is 0 Å². The zero-order valence-corrected chi connectivity index (χ0v) is 14.8. The summed E-state index contributed by atoms with van der Waals surface area (Å²) in [6, 6.07) is 5.14. The molecule has 0 saturated carbocycles. The first kappa shape index (κ1) is 17.7. The van der Waals surface area contributed by atoms with Crippen molar-refractivity contribution in [3.8, 4) is 0 Å². The molecule has 2 aliphatic heterocycles. The lowest BCUT2D eigenvalue weighted by atomic mass is 10.0. The number of anilines is 1. The van der Waals surface area contributed by atoms with Crippen LogP contribution in [-0.2, 0) is 0 Å². The SMILES string of the molecule is Cc1c(NC(=O)N2CCCC[C@H]2CO)cccc1C(=O)N1CCCC1. The third-order valence-corrected chi connectivity index (χ3v) is 5.30. The fraction of sp³-hybridized carbons (Fsp3) is 0.579. The van der Waals surface area contributed by atoms with Crippen molar-refractivity contribution in [1.29, 1.82) is 0 Å². The van der Waals surface area contributed by atoms with Crippen LogP contribution in [0.3, 0.4) is 0 Å². The highest BCUT2D eigenvalue weighted by Gasteiger charge is 2.27. The van der Waals surface area contributed by atoms with Gasteiger partial charge in [-0.2, -0.15) is 0 Å². The summed E-state index contributed by atoms with van der Waals surface area (Å²) in [7, 11) is 0. The van der Waals surface area contributed by atoms with Crippen LogP contribution in [0.25, 0.3) is 0 Å². The van der Waals surface area contributed by atoms with Gasteiger partial charge in [-0.1, -0.05) is 6.07 Å². The number of urea groups is 1. The van der Waals surface area contributed by atoms with E-state index in [2.05, 4.69) is 5.32 Å². The highest BCUT2D eigenvalue weighted by molar-refractivity contribution is 5.99. The predicted octanol–water partition coefficient (Wildman–Crippen LogP) is 2.61. The molecule has 2 heterocycles. The Morgan fingerprint density at radius 1 is 1.16 bits per heavy atom. The standard InChI is InChI=1S/C19H27N3O3/c1-14-16(18(24)21-10-4-5-11-21)8-6-9-17(14)20-19(25)22-12-3-2-7-15(22)13-23/h6,8-9,15,23H,2-5,7,10-13H2,1H3,(H,20,25)/t15-/m0/s1. The Labute approximate surface area is 148 Å². The second-order valence-electron chi connectivity index (χ2n) is 6.93. The highest BCUT2D eigenvalue weighted by atomic mass is 16.3. The van der Waals surface area contributed by atoms with Crippen LogP contribution in [0.4, 0.5) is 10.5 Å². The molecule has 6 nitrogen and oxygen atoms in total. The van der Waals surface area contributed by atoms with E-state index in [1.807, 2.05) is 30.0 Å². The van der Waals surface area contributed by atoms with E-state index in [0.29, 0.717) is 17.8 Å². The summed E-state index contributed by atoms with van der Waals surface area (Å²) in [5.41, 5.74) is 2.11. The molecular formula is C19H27N3O3. The molecule has 3 amide bonds. The molecule has 0 unspecified atom stereocenters. The van der Waals surface area contributed by atoms with Crippen LogP contribution in [0, 0.1) is 6.92 Å². The Kier molecular flexibility index (Phi) is 5.58. The van der Waals surface area contributed by atoms with Gasteiger partial charge in [-0.15, -0.1) is 0 Å². The first-order valence-electron chi connectivity index (χ1n) is 9.19. The van der Waals surface area contributed by atoms with Gasteiger partial charge in [-0.05, 0) is 56.7 Å². The van der Waals surface area contributed by atoms with Crippen molar-refractivity contribution in [3.63, 3.8) is 0 Å². The molecule has 1 aromatic rings. The van der Waals surface area contributed by atoms with Crippen LogP contribution in [-0.4, -0.2) is 59.1 Å². The van der Waals surface area contributed by atoms with Crippen molar-refractivity contribution < 1.29 is 14.7 Å². The van der Waals surface area contributed by atoms with E-state index in [4.69, 9.17) is 0 Å². The van der Waals surface area contributed by atoms with E-state index in [9.17, 15) is 14.7 Å². The predicted molar refractivity (Wildman–Crippen MR) is 96.8 cm³/mol. The minimum absolute atomic E-state index is 0.0140. The fourth-order valence-electron chi connectivity index (χ4n) is 3.74. The Morgan fingerprint density at radius 3 is 2.60 bits per heavy atom. The maximum absolute atomic E-state index is 12.7. The number of hydrogen-bond acceptors (Lipinski definition) is 3. The third-order valence-electron chi connectivity index (χ3n) is 5.30. The molecule has 25 heavy (non-hydrogen) atoms. The van der Waals surface area contributed by atoms with E-state index in [1.165, 1.54) is 0 Å². The lowest BCUT2D eigenvalue weighted by Crippen LogP contribution is -2.47. The van der Waals surface area contributed by atoms with Crippen LogP contribution < -0.4 is 5.32 Å². The number of nitrogens with one attached hydrogen (secondary N) is 1. The van der Waals surface area contributed by atoms with Gasteiger partial charge in [0.15, 0.2) is 0 Å². The zero-order chi connectivity index (χ0) is 17.8. The molecule has 0 spiro atoms. The lowest BCUT2D eigenvalue weighted by molar-refractivity contribution is 0.0792. The Bertz CT molecular complexity index is 641. The Hall–Kier alpha value is -2.08. The summed E-state index contributed by atoms with van der Waals surface area (Å²) >= 11 is 0. The van der Waals surface area contributed by atoms with Gasteiger partial charge in [0.2, 0.25) is 0 Å². The van der Waals surface area contributed by atoms with Crippen LogP contribution in [0.2, 0.25) is 0 Å². The average Bonchev–Trinajstić information content (AvgIpc) is 3.17. The van der Waals surface area contributed by atoms with Gasteiger partial charge in [0.05, 0.1) is 12.6 Å². The summed E-state index contributed by atoms with van der Waals surface area (Å²) < 4.78 is 0. The average molecular weight is 345 g/mol. The normalized spacial score (nSPS) is 20.6. The second-order valence-corrected chi connectivity index (χ2v) is 6.93. The largest absolute Gasteiger partial charge is 0.394 e. The molecule has 2 aliphatic rings. The number of aliphatic hydroxyl groups excluding tert-OH is 1. The topological polar surface area (TPSA) is 72.9 Å². The van der Waals surface area contributed by atoms with Crippen molar-refractivity contribution in [2.45, 2.75) is 45.1 Å². The van der Waals surface area contributed by atoms with Gasteiger partial charge in [0.25, 0.3) is 5.91 Å². The zero-order valence-electron chi connectivity index (χ0n) is 14.8.